The second kappa shape index (κ2) is 10.2. The van der Waals surface area contributed by atoms with Gasteiger partial charge in [-0.1, -0.05) is 36.5 Å². The average molecular weight is 403 g/mol. The predicted molar refractivity (Wildman–Crippen MR) is 108 cm³/mol. The molecule has 1 aromatic carbocycles. The highest BCUT2D eigenvalue weighted by Crippen LogP contribution is 2.22. The van der Waals surface area contributed by atoms with Crippen LogP contribution in [0.4, 0.5) is 5.13 Å². The minimum atomic E-state index is -0.0943. The average Bonchev–Trinajstić information content (AvgIpc) is 3.16. The molecule has 0 atom stereocenters. The summed E-state index contributed by atoms with van der Waals surface area (Å²) in [4.78, 5) is 26.6. The number of hydrogen-bond acceptors (Lipinski definition) is 6. The molecule has 3 rings (SSSR count). The molecule has 1 fully saturated rings. The molecule has 8 heteroatoms. The van der Waals surface area contributed by atoms with Crippen LogP contribution in [0.5, 0.6) is 5.75 Å². The molecule has 0 spiro atoms. The van der Waals surface area contributed by atoms with Crippen LogP contribution in [0.25, 0.3) is 0 Å². The number of rotatable bonds is 8. The lowest BCUT2D eigenvalue weighted by atomic mass is 9.96. The second-order valence-electron chi connectivity index (χ2n) is 6.81. The summed E-state index contributed by atoms with van der Waals surface area (Å²) in [5.74, 6) is 0.717. The van der Waals surface area contributed by atoms with Crippen LogP contribution >= 0.6 is 11.3 Å². The molecule has 0 saturated carbocycles. The van der Waals surface area contributed by atoms with E-state index in [0.717, 1.165) is 23.6 Å². The molecule has 28 heavy (non-hydrogen) atoms. The molecule has 7 nitrogen and oxygen atoms in total. The third-order valence-electron chi connectivity index (χ3n) is 4.71. The summed E-state index contributed by atoms with van der Waals surface area (Å²) in [6, 6.07) is 9.47. The number of likely N-dealkylation sites (tertiary alicyclic amines) is 1. The van der Waals surface area contributed by atoms with Gasteiger partial charge in [-0.05, 0) is 31.4 Å². The zero-order valence-electron chi connectivity index (χ0n) is 16.1. The predicted octanol–water partition coefficient (Wildman–Crippen LogP) is 3.14. The molecular formula is C20H26N4O3S. The number of para-hydroxylation sites is 1. The molecule has 1 N–H and O–H groups in total. The molecule has 1 aliphatic heterocycles. The van der Waals surface area contributed by atoms with Crippen molar-refractivity contribution in [2.24, 2.45) is 5.92 Å². The van der Waals surface area contributed by atoms with Crippen LogP contribution in [0.1, 0.15) is 37.6 Å². The Bertz CT molecular complexity index is 773. The van der Waals surface area contributed by atoms with Crippen molar-refractivity contribution in [3.63, 3.8) is 0 Å². The topological polar surface area (TPSA) is 84.4 Å². The summed E-state index contributed by atoms with van der Waals surface area (Å²) in [7, 11) is 0. The lowest BCUT2D eigenvalue weighted by molar-refractivity contribution is -0.135. The Morgan fingerprint density at radius 3 is 2.68 bits per heavy atom. The maximum atomic E-state index is 12.4. The summed E-state index contributed by atoms with van der Waals surface area (Å²) < 4.78 is 5.59. The van der Waals surface area contributed by atoms with E-state index in [2.05, 4.69) is 22.4 Å². The fourth-order valence-corrected chi connectivity index (χ4v) is 3.99. The van der Waals surface area contributed by atoms with Crippen LogP contribution in [0.15, 0.2) is 30.3 Å². The first-order chi connectivity index (χ1) is 13.7. The van der Waals surface area contributed by atoms with Crippen molar-refractivity contribution in [2.75, 3.05) is 25.0 Å². The number of amides is 2. The van der Waals surface area contributed by atoms with E-state index in [1.165, 1.54) is 11.3 Å². The Labute approximate surface area is 169 Å². The number of carbonyl (C=O) groups is 2. The fraction of sp³-hybridized carbons (Fsp3) is 0.500. The van der Waals surface area contributed by atoms with E-state index in [1.54, 1.807) is 0 Å². The van der Waals surface area contributed by atoms with Crippen molar-refractivity contribution >= 4 is 28.3 Å². The van der Waals surface area contributed by atoms with Crippen molar-refractivity contribution in [2.45, 2.75) is 39.0 Å². The van der Waals surface area contributed by atoms with E-state index in [-0.39, 0.29) is 17.7 Å². The summed E-state index contributed by atoms with van der Waals surface area (Å²) in [5, 5.41) is 12.5. The van der Waals surface area contributed by atoms with Gasteiger partial charge in [-0.15, -0.1) is 10.2 Å². The van der Waals surface area contributed by atoms with E-state index in [1.807, 2.05) is 35.2 Å². The SMILES string of the molecule is CCCc1nnc(NC(=O)C2CCN(C(=O)CCOc3ccccc3)CC2)s1. The maximum absolute atomic E-state index is 12.4. The van der Waals surface area contributed by atoms with Gasteiger partial charge in [-0.3, -0.25) is 9.59 Å². The zero-order valence-corrected chi connectivity index (χ0v) is 16.9. The van der Waals surface area contributed by atoms with Gasteiger partial charge in [0, 0.05) is 25.4 Å². The van der Waals surface area contributed by atoms with Crippen LogP contribution in [0.2, 0.25) is 0 Å². The Hall–Kier alpha value is -2.48. The number of anilines is 1. The summed E-state index contributed by atoms with van der Waals surface area (Å²) in [6.45, 7) is 3.64. The molecule has 0 aliphatic carbocycles. The highest BCUT2D eigenvalue weighted by atomic mass is 32.1. The Balaban J connectivity index is 1.38. The largest absolute Gasteiger partial charge is 0.493 e. The van der Waals surface area contributed by atoms with E-state index in [9.17, 15) is 9.59 Å². The molecule has 2 heterocycles. The third kappa shape index (κ3) is 5.76. The van der Waals surface area contributed by atoms with Crippen LogP contribution in [0.3, 0.4) is 0 Å². The van der Waals surface area contributed by atoms with Gasteiger partial charge < -0.3 is 15.0 Å². The summed E-state index contributed by atoms with van der Waals surface area (Å²) >= 11 is 1.43. The second-order valence-corrected chi connectivity index (χ2v) is 7.87. The van der Waals surface area contributed by atoms with E-state index in [4.69, 9.17) is 4.74 Å². The van der Waals surface area contributed by atoms with Crippen molar-refractivity contribution in [1.82, 2.24) is 15.1 Å². The van der Waals surface area contributed by atoms with Gasteiger partial charge >= 0.3 is 0 Å². The lowest BCUT2D eigenvalue weighted by Crippen LogP contribution is -2.41. The minimum absolute atomic E-state index is 0.0290. The van der Waals surface area contributed by atoms with Gasteiger partial charge in [-0.2, -0.15) is 0 Å². The van der Waals surface area contributed by atoms with Gasteiger partial charge in [-0.25, -0.2) is 0 Å². The number of piperidine rings is 1. The Morgan fingerprint density at radius 2 is 1.96 bits per heavy atom. The number of benzene rings is 1. The molecule has 150 valence electrons. The van der Waals surface area contributed by atoms with E-state index >= 15 is 0 Å². The Morgan fingerprint density at radius 1 is 1.21 bits per heavy atom. The first-order valence-corrected chi connectivity index (χ1v) is 10.6. The first-order valence-electron chi connectivity index (χ1n) is 9.74. The highest BCUT2D eigenvalue weighted by molar-refractivity contribution is 7.15. The van der Waals surface area contributed by atoms with Crippen molar-refractivity contribution in [3.05, 3.63) is 35.3 Å². The Kier molecular flexibility index (Phi) is 7.36. The van der Waals surface area contributed by atoms with Crippen LogP contribution in [-0.2, 0) is 16.0 Å². The molecule has 2 aromatic rings. The van der Waals surface area contributed by atoms with Gasteiger partial charge in [0.2, 0.25) is 16.9 Å². The number of hydrogen-bond donors (Lipinski definition) is 1. The first kappa shape index (κ1) is 20.3. The molecule has 0 radical (unpaired) electrons. The molecule has 1 aliphatic rings. The number of nitrogens with zero attached hydrogens (tertiary/aromatic N) is 3. The van der Waals surface area contributed by atoms with Crippen molar-refractivity contribution in [1.29, 1.82) is 0 Å². The van der Waals surface area contributed by atoms with Gasteiger partial charge in [0.1, 0.15) is 10.8 Å². The molecule has 2 amide bonds. The molecule has 1 saturated heterocycles. The standard InChI is InChI=1S/C20H26N4O3S/c1-2-6-17-22-23-20(28-17)21-19(26)15-9-12-24(13-10-15)18(25)11-14-27-16-7-4-3-5-8-16/h3-5,7-8,15H,2,6,9-14H2,1H3,(H,21,23,26). The van der Waals surface area contributed by atoms with Crippen LogP contribution in [0, 0.1) is 5.92 Å². The monoisotopic (exact) mass is 402 g/mol. The number of aryl methyl sites for hydroxylation is 1. The molecule has 0 bridgehead atoms. The lowest BCUT2D eigenvalue weighted by Gasteiger charge is -2.31. The third-order valence-corrected chi connectivity index (χ3v) is 5.61. The molecule has 1 aromatic heterocycles. The minimum Gasteiger partial charge on any atom is -0.493 e. The van der Waals surface area contributed by atoms with Crippen LogP contribution in [-0.4, -0.2) is 46.6 Å². The summed E-state index contributed by atoms with van der Waals surface area (Å²) in [5.41, 5.74) is 0. The number of carbonyl (C=O) groups excluding carboxylic acids is 2. The number of nitrogens with one attached hydrogen (secondary N) is 1. The molecular weight excluding hydrogens is 376 g/mol. The zero-order chi connectivity index (χ0) is 19.8. The number of ether oxygens (including phenoxy) is 1. The van der Waals surface area contributed by atoms with Gasteiger partial charge in [0.25, 0.3) is 0 Å². The van der Waals surface area contributed by atoms with Gasteiger partial charge in [0.15, 0.2) is 0 Å². The number of aromatic nitrogens is 2. The van der Waals surface area contributed by atoms with Crippen molar-refractivity contribution < 1.29 is 14.3 Å². The van der Waals surface area contributed by atoms with Crippen LogP contribution < -0.4 is 10.1 Å². The van der Waals surface area contributed by atoms with Crippen molar-refractivity contribution in [3.8, 4) is 5.75 Å². The maximum Gasteiger partial charge on any atom is 0.229 e. The summed E-state index contributed by atoms with van der Waals surface area (Å²) in [6.07, 6.45) is 3.56. The smallest absolute Gasteiger partial charge is 0.229 e. The molecule has 0 unspecified atom stereocenters. The normalized spacial score (nSPS) is 14.7. The van der Waals surface area contributed by atoms with E-state index in [0.29, 0.717) is 44.1 Å². The van der Waals surface area contributed by atoms with Gasteiger partial charge in [0.05, 0.1) is 13.0 Å². The fourth-order valence-electron chi connectivity index (χ4n) is 3.15. The highest BCUT2D eigenvalue weighted by Gasteiger charge is 2.27. The van der Waals surface area contributed by atoms with E-state index < -0.39 is 0 Å². The quantitative estimate of drug-likeness (QED) is 0.733.